The first-order valence-electron chi connectivity index (χ1n) is 5.68. The summed E-state index contributed by atoms with van der Waals surface area (Å²) in [5, 5.41) is 0. The Hall–Kier alpha value is -1.81. The molecule has 0 unspecified atom stereocenters. The Morgan fingerprint density at radius 1 is 1.00 bits per heavy atom. The smallest absolute Gasteiger partial charge is 0.337 e. The summed E-state index contributed by atoms with van der Waals surface area (Å²) in [4.78, 5) is 11.4. The molecule has 0 saturated heterocycles. The van der Waals surface area contributed by atoms with Crippen molar-refractivity contribution in [2.24, 2.45) is 0 Å². The van der Waals surface area contributed by atoms with Gasteiger partial charge in [-0.2, -0.15) is 0 Å². The van der Waals surface area contributed by atoms with Crippen LogP contribution in [0.5, 0.6) is 5.75 Å². The van der Waals surface area contributed by atoms with Gasteiger partial charge in [-0.25, -0.2) is 4.79 Å². The van der Waals surface area contributed by atoms with Gasteiger partial charge in [0.25, 0.3) is 0 Å². The fraction of sp³-hybridized carbons (Fsp3) is 0.133. The summed E-state index contributed by atoms with van der Waals surface area (Å²) in [5.74, 6) is 0.456. The lowest BCUT2D eigenvalue weighted by molar-refractivity contribution is 0.0601. The Balaban J connectivity index is 2.32. The van der Waals surface area contributed by atoms with Crippen molar-refractivity contribution in [3.8, 4) is 16.9 Å². The van der Waals surface area contributed by atoms with E-state index < -0.39 is 0 Å². The van der Waals surface area contributed by atoms with E-state index in [-0.39, 0.29) is 5.97 Å². The highest BCUT2D eigenvalue weighted by molar-refractivity contribution is 9.10. The van der Waals surface area contributed by atoms with Gasteiger partial charge in [0.15, 0.2) is 0 Å². The molecule has 0 aromatic heterocycles. The molecular weight excluding hydrogens is 308 g/mol. The van der Waals surface area contributed by atoms with Crippen LogP contribution in [-0.2, 0) is 4.74 Å². The Morgan fingerprint density at radius 2 is 1.63 bits per heavy atom. The number of rotatable bonds is 3. The van der Waals surface area contributed by atoms with E-state index in [0.29, 0.717) is 5.56 Å². The number of carbonyl (C=O) groups is 1. The molecule has 2 aromatic rings. The molecule has 0 spiro atoms. The average Bonchev–Trinajstić information content (AvgIpc) is 2.46. The van der Waals surface area contributed by atoms with Crippen LogP contribution in [0.1, 0.15) is 10.4 Å². The molecule has 19 heavy (non-hydrogen) atoms. The highest BCUT2D eigenvalue weighted by atomic mass is 79.9. The van der Waals surface area contributed by atoms with Crippen LogP contribution < -0.4 is 4.74 Å². The van der Waals surface area contributed by atoms with Crippen molar-refractivity contribution in [1.29, 1.82) is 0 Å². The molecule has 0 bridgehead atoms. The van der Waals surface area contributed by atoms with Crippen molar-refractivity contribution in [3.63, 3.8) is 0 Å². The van der Waals surface area contributed by atoms with Crippen LogP contribution in [0.15, 0.2) is 46.9 Å². The molecule has 3 nitrogen and oxygen atoms in total. The van der Waals surface area contributed by atoms with Crippen LogP contribution in [0.3, 0.4) is 0 Å². The van der Waals surface area contributed by atoms with Gasteiger partial charge >= 0.3 is 5.97 Å². The second kappa shape index (κ2) is 5.89. The summed E-state index contributed by atoms with van der Waals surface area (Å²) in [6.45, 7) is 0. The van der Waals surface area contributed by atoms with E-state index in [0.717, 1.165) is 21.3 Å². The number of halogens is 1. The van der Waals surface area contributed by atoms with Crippen molar-refractivity contribution < 1.29 is 14.3 Å². The third-order valence-electron chi connectivity index (χ3n) is 2.79. The second-order valence-electron chi connectivity index (χ2n) is 3.92. The minimum atomic E-state index is -0.331. The van der Waals surface area contributed by atoms with E-state index in [9.17, 15) is 4.79 Å². The van der Waals surface area contributed by atoms with Crippen LogP contribution in [0.2, 0.25) is 0 Å². The van der Waals surface area contributed by atoms with Gasteiger partial charge in [0, 0.05) is 0 Å². The molecule has 0 aliphatic carbocycles. The fourth-order valence-electron chi connectivity index (χ4n) is 1.76. The van der Waals surface area contributed by atoms with Gasteiger partial charge in [-0.05, 0) is 51.3 Å². The summed E-state index contributed by atoms with van der Waals surface area (Å²) in [6.07, 6.45) is 0. The van der Waals surface area contributed by atoms with E-state index >= 15 is 0 Å². The Labute approximate surface area is 120 Å². The average molecular weight is 321 g/mol. The number of hydrogen-bond donors (Lipinski definition) is 0. The third kappa shape index (κ3) is 2.96. The van der Waals surface area contributed by atoms with E-state index in [1.165, 1.54) is 7.11 Å². The topological polar surface area (TPSA) is 35.5 Å². The van der Waals surface area contributed by atoms with Crippen LogP contribution in [0, 0.1) is 0 Å². The molecule has 0 aliphatic heterocycles. The first kappa shape index (κ1) is 13.6. The minimum absolute atomic E-state index is 0.331. The zero-order chi connectivity index (χ0) is 13.8. The number of ether oxygens (including phenoxy) is 2. The van der Waals surface area contributed by atoms with E-state index in [1.807, 2.05) is 30.3 Å². The van der Waals surface area contributed by atoms with Crippen LogP contribution in [0.4, 0.5) is 0 Å². The van der Waals surface area contributed by atoms with Crippen LogP contribution in [-0.4, -0.2) is 20.2 Å². The van der Waals surface area contributed by atoms with Gasteiger partial charge in [0.2, 0.25) is 0 Å². The lowest BCUT2D eigenvalue weighted by Crippen LogP contribution is -2.00. The van der Waals surface area contributed by atoms with E-state index in [4.69, 9.17) is 4.74 Å². The molecular formula is C15H13BrO3. The maximum Gasteiger partial charge on any atom is 0.337 e. The molecule has 0 fully saturated rings. The van der Waals surface area contributed by atoms with Gasteiger partial charge in [-0.3, -0.25) is 0 Å². The van der Waals surface area contributed by atoms with Gasteiger partial charge in [-0.15, -0.1) is 0 Å². The highest BCUT2D eigenvalue weighted by Gasteiger charge is 2.07. The standard InChI is InChI=1S/C15H13BrO3/c1-18-14-8-7-12(9-13(14)16)10-3-5-11(6-4-10)15(17)19-2/h3-9H,1-2H3. The lowest BCUT2D eigenvalue weighted by atomic mass is 10.0. The maximum absolute atomic E-state index is 11.4. The predicted octanol–water partition coefficient (Wildman–Crippen LogP) is 3.91. The molecule has 2 rings (SSSR count). The zero-order valence-electron chi connectivity index (χ0n) is 10.6. The van der Waals surface area contributed by atoms with Crippen LogP contribution >= 0.6 is 15.9 Å². The first-order valence-corrected chi connectivity index (χ1v) is 6.47. The largest absolute Gasteiger partial charge is 0.496 e. The van der Waals surface area contributed by atoms with Gasteiger partial charge < -0.3 is 9.47 Å². The lowest BCUT2D eigenvalue weighted by Gasteiger charge is -2.07. The molecule has 0 saturated carbocycles. The summed E-state index contributed by atoms with van der Waals surface area (Å²) in [6, 6.07) is 13.1. The number of hydrogen-bond acceptors (Lipinski definition) is 3. The van der Waals surface area contributed by atoms with Crippen LogP contribution in [0.25, 0.3) is 11.1 Å². The monoisotopic (exact) mass is 320 g/mol. The molecule has 0 heterocycles. The fourth-order valence-corrected chi connectivity index (χ4v) is 2.30. The summed E-state index contributed by atoms with van der Waals surface area (Å²) in [7, 11) is 3.00. The minimum Gasteiger partial charge on any atom is -0.496 e. The van der Waals surface area contributed by atoms with Crippen molar-refractivity contribution in [1.82, 2.24) is 0 Å². The zero-order valence-corrected chi connectivity index (χ0v) is 12.2. The van der Waals surface area contributed by atoms with Crippen molar-refractivity contribution in [2.75, 3.05) is 14.2 Å². The molecule has 0 N–H and O–H groups in total. The molecule has 0 amide bonds. The molecule has 0 aliphatic rings. The molecule has 2 aromatic carbocycles. The Morgan fingerprint density at radius 3 is 2.16 bits per heavy atom. The van der Waals surface area contributed by atoms with Crippen molar-refractivity contribution >= 4 is 21.9 Å². The maximum atomic E-state index is 11.4. The van der Waals surface area contributed by atoms with Gasteiger partial charge in [-0.1, -0.05) is 18.2 Å². The second-order valence-corrected chi connectivity index (χ2v) is 4.77. The molecule has 4 heteroatoms. The number of esters is 1. The predicted molar refractivity (Wildman–Crippen MR) is 77.5 cm³/mol. The third-order valence-corrected chi connectivity index (χ3v) is 3.41. The quantitative estimate of drug-likeness (QED) is 0.804. The first-order chi connectivity index (χ1) is 9.15. The summed E-state index contributed by atoms with van der Waals surface area (Å²) >= 11 is 3.45. The molecule has 0 atom stereocenters. The van der Waals surface area contributed by atoms with Gasteiger partial charge in [0.05, 0.1) is 24.3 Å². The SMILES string of the molecule is COC(=O)c1ccc(-c2ccc(OC)c(Br)c2)cc1. The molecule has 98 valence electrons. The summed E-state index contributed by atoms with van der Waals surface area (Å²) < 4.78 is 10.8. The number of carbonyl (C=O) groups excluding carboxylic acids is 1. The van der Waals surface area contributed by atoms with E-state index in [1.54, 1.807) is 19.2 Å². The normalized spacial score (nSPS) is 10.1. The van der Waals surface area contributed by atoms with Gasteiger partial charge in [0.1, 0.15) is 5.75 Å². The van der Waals surface area contributed by atoms with Crippen molar-refractivity contribution in [3.05, 3.63) is 52.5 Å². The number of benzene rings is 2. The molecule has 0 radical (unpaired) electrons. The Bertz CT molecular complexity index is 591. The van der Waals surface area contributed by atoms with E-state index in [2.05, 4.69) is 20.7 Å². The highest BCUT2D eigenvalue weighted by Crippen LogP contribution is 2.30. The number of methoxy groups -OCH3 is 2. The van der Waals surface area contributed by atoms with Crippen molar-refractivity contribution in [2.45, 2.75) is 0 Å². The summed E-state index contributed by atoms with van der Waals surface area (Å²) in [5.41, 5.74) is 2.61. The Kier molecular flexibility index (Phi) is 4.22.